The van der Waals surface area contributed by atoms with Crippen LogP contribution in [0, 0.1) is 0 Å². The predicted octanol–water partition coefficient (Wildman–Crippen LogP) is 2.86. The molecule has 0 fully saturated rings. The van der Waals surface area contributed by atoms with Crippen molar-refractivity contribution in [1.29, 1.82) is 0 Å². The Balaban J connectivity index is 2.02. The van der Waals surface area contributed by atoms with E-state index in [-0.39, 0.29) is 5.91 Å². The van der Waals surface area contributed by atoms with Gasteiger partial charge in [-0.25, -0.2) is 0 Å². The number of hydrogen-bond acceptors (Lipinski definition) is 2. The molecule has 1 amide bonds. The molecule has 118 valence electrons. The van der Waals surface area contributed by atoms with Crippen LogP contribution in [0.2, 0.25) is 0 Å². The number of aromatic nitrogens is 1. The number of H-pyrrole nitrogens is 1. The number of nitrogens with zero attached hydrogens (tertiary/aromatic N) is 1. The van der Waals surface area contributed by atoms with Gasteiger partial charge >= 0.3 is 0 Å². The summed E-state index contributed by atoms with van der Waals surface area (Å²) in [5.74, 6) is -0.317. The van der Waals surface area contributed by atoms with Crippen molar-refractivity contribution in [3.05, 3.63) is 35.0 Å². The topological polar surface area (TPSA) is 62.1 Å². The second-order valence-corrected chi connectivity index (χ2v) is 6.29. The maximum Gasteiger partial charge on any atom is 0.249 e. The third-order valence-electron chi connectivity index (χ3n) is 4.73. The third-order valence-corrected chi connectivity index (χ3v) is 4.73. The maximum absolute atomic E-state index is 11.8. The van der Waals surface area contributed by atoms with Gasteiger partial charge in [-0.05, 0) is 62.0 Å². The number of nitrogens with one attached hydrogen (secondary N) is 1. The fourth-order valence-electron chi connectivity index (χ4n) is 3.85. The van der Waals surface area contributed by atoms with Crippen LogP contribution in [0.3, 0.4) is 0 Å². The van der Waals surface area contributed by atoms with E-state index in [1.807, 2.05) is 12.1 Å². The summed E-state index contributed by atoms with van der Waals surface area (Å²) >= 11 is 0. The molecule has 0 unspecified atom stereocenters. The lowest BCUT2D eigenvalue weighted by Crippen LogP contribution is -2.41. The van der Waals surface area contributed by atoms with E-state index >= 15 is 0 Å². The smallest absolute Gasteiger partial charge is 0.249 e. The zero-order valence-electron chi connectivity index (χ0n) is 13.5. The normalized spacial score (nSPS) is 17.3. The number of nitrogens with two attached hydrogens (primary N) is 1. The van der Waals surface area contributed by atoms with Gasteiger partial charge in [0.2, 0.25) is 5.91 Å². The van der Waals surface area contributed by atoms with Gasteiger partial charge in [-0.1, -0.05) is 13.8 Å². The van der Waals surface area contributed by atoms with Crippen LogP contribution >= 0.6 is 0 Å². The Bertz CT molecular complexity index is 683. The van der Waals surface area contributed by atoms with Crippen LogP contribution < -0.4 is 5.73 Å². The number of rotatable bonds is 6. The SMILES string of the molecule is CCCN(CCC)[C@H]1Cc2c[nH]c3ccc([14C](N)=O)c(c23)C1. The molecule has 0 saturated heterocycles. The third kappa shape index (κ3) is 2.52. The Morgan fingerprint density at radius 1 is 1.27 bits per heavy atom. The Kier molecular flexibility index (Phi) is 4.21. The van der Waals surface area contributed by atoms with E-state index in [1.165, 1.54) is 10.9 Å². The quantitative estimate of drug-likeness (QED) is 0.862. The average molecular weight is 301 g/mol. The van der Waals surface area contributed by atoms with Crippen LogP contribution in [0.5, 0.6) is 0 Å². The van der Waals surface area contributed by atoms with E-state index in [2.05, 4.69) is 29.9 Å². The average Bonchev–Trinajstić information content (AvgIpc) is 2.91. The number of hydrogen-bond donors (Lipinski definition) is 2. The number of amides is 1. The van der Waals surface area contributed by atoms with Crippen molar-refractivity contribution in [3.63, 3.8) is 0 Å². The monoisotopic (exact) mass is 301 g/mol. The molecule has 3 N–H and O–H groups in total. The van der Waals surface area contributed by atoms with Crippen molar-refractivity contribution < 1.29 is 4.79 Å². The van der Waals surface area contributed by atoms with Gasteiger partial charge in [0.05, 0.1) is 0 Å². The minimum Gasteiger partial charge on any atom is -0.366 e. The lowest BCUT2D eigenvalue weighted by Gasteiger charge is -2.34. The molecular formula is C18H25N3O. The van der Waals surface area contributed by atoms with E-state index in [1.54, 1.807) is 0 Å². The van der Waals surface area contributed by atoms with E-state index in [0.29, 0.717) is 11.6 Å². The van der Waals surface area contributed by atoms with Gasteiger partial charge < -0.3 is 10.7 Å². The Morgan fingerprint density at radius 3 is 2.64 bits per heavy atom. The summed E-state index contributed by atoms with van der Waals surface area (Å²) in [6.45, 7) is 6.67. The zero-order chi connectivity index (χ0) is 15.7. The molecule has 1 aromatic carbocycles. The molecule has 0 aliphatic heterocycles. The number of benzene rings is 1. The molecule has 1 aliphatic carbocycles. The largest absolute Gasteiger partial charge is 0.366 e. The van der Waals surface area contributed by atoms with Crippen LogP contribution in [-0.2, 0) is 12.8 Å². The number of aromatic amines is 1. The van der Waals surface area contributed by atoms with Crippen molar-refractivity contribution in [2.75, 3.05) is 13.1 Å². The summed E-state index contributed by atoms with van der Waals surface area (Å²) < 4.78 is 0. The van der Waals surface area contributed by atoms with Crippen LogP contribution in [-0.4, -0.2) is 34.9 Å². The van der Waals surface area contributed by atoms with Gasteiger partial charge in [0.25, 0.3) is 0 Å². The molecule has 22 heavy (non-hydrogen) atoms. The number of carbonyl (C=O) groups is 1. The van der Waals surface area contributed by atoms with Gasteiger partial charge in [-0.2, -0.15) is 0 Å². The summed E-state index contributed by atoms with van der Waals surface area (Å²) in [6.07, 6.45) is 6.38. The molecule has 1 aromatic heterocycles. The summed E-state index contributed by atoms with van der Waals surface area (Å²) in [6, 6.07) is 4.30. The van der Waals surface area contributed by atoms with Crippen LogP contribution in [0.1, 0.15) is 48.2 Å². The highest BCUT2D eigenvalue weighted by molar-refractivity contribution is 6.01. The van der Waals surface area contributed by atoms with Gasteiger partial charge in [-0.3, -0.25) is 9.69 Å². The van der Waals surface area contributed by atoms with E-state index in [0.717, 1.165) is 49.9 Å². The van der Waals surface area contributed by atoms with Crippen LogP contribution in [0.15, 0.2) is 18.3 Å². The molecule has 0 bridgehead atoms. The lowest BCUT2D eigenvalue weighted by atomic mass is 9.87. The summed E-state index contributed by atoms with van der Waals surface area (Å²) in [5.41, 5.74) is 9.86. The fraction of sp³-hybridized carbons (Fsp3) is 0.500. The van der Waals surface area contributed by atoms with Crippen molar-refractivity contribution in [3.8, 4) is 0 Å². The van der Waals surface area contributed by atoms with E-state index in [9.17, 15) is 4.79 Å². The van der Waals surface area contributed by atoms with Crippen molar-refractivity contribution in [2.24, 2.45) is 5.73 Å². The first kappa shape index (κ1) is 15.1. The molecule has 2 aromatic rings. The predicted molar refractivity (Wildman–Crippen MR) is 90.2 cm³/mol. The second kappa shape index (κ2) is 6.13. The molecule has 4 nitrogen and oxygen atoms in total. The highest BCUT2D eigenvalue weighted by atomic mass is 16.3. The molecule has 1 atom stereocenters. The number of carbonyl (C=O) groups excluding carboxylic acids is 1. The number of primary amides is 1. The maximum atomic E-state index is 11.8. The minimum atomic E-state index is -0.317. The van der Waals surface area contributed by atoms with E-state index < -0.39 is 0 Å². The summed E-state index contributed by atoms with van der Waals surface area (Å²) in [5, 5.41) is 1.22. The lowest BCUT2D eigenvalue weighted by molar-refractivity contribution is 0.0998. The molecule has 0 spiro atoms. The van der Waals surface area contributed by atoms with Crippen LogP contribution in [0.4, 0.5) is 0 Å². The molecule has 1 heterocycles. The van der Waals surface area contributed by atoms with E-state index in [4.69, 9.17) is 5.73 Å². The zero-order valence-corrected chi connectivity index (χ0v) is 13.5. The first-order valence-electron chi connectivity index (χ1n) is 8.31. The summed E-state index contributed by atoms with van der Waals surface area (Å²) in [7, 11) is 0. The van der Waals surface area contributed by atoms with Gasteiger partial charge in [0.15, 0.2) is 0 Å². The molecule has 4 heteroatoms. The second-order valence-electron chi connectivity index (χ2n) is 6.29. The molecule has 0 radical (unpaired) electrons. The van der Waals surface area contributed by atoms with Gasteiger partial charge in [0.1, 0.15) is 0 Å². The van der Waals surface area contributed by atoms with Crippen molar-refractivity contribution in [1.82, 2.24) is 9.88 Å². The standard InChI is InChI=1S/C18H25N3O/c1-3-7-21(8-4-2)13-9-12-11-20-16-6-5-14(18(19)22)15(10-13)17(12)16/h5-6,11,13,20H,3-4,7-10H2,1-2H3,(H2,19,22)/t13-/m0/s1/i18+2. The highest BCUT2D eigenvalue weighted by Crippen LogP contribution is 2.33. The minimum absolute atomic E-state index is 0.317. The highest BCUT2D eigenvalue weighted by Gasteiger charge is 2.28. The molecule has 3 rings (SSSR count). The summed E-state index contributed by atoms with van der Waals surface area (Å²) in [4.78, 5) is 17.7. The fourth-order valence-corrected chi connectivity index (χ4v) is 3.85. The Labute approximate surface area is 131 Å². The van der Waals surface area contributed by atoms with Gasteiger partial charge in [0, 0.05) is 28.7 Å². The molecular weight excluding hydrogens is 276 g/mol. The Morgan fingerprint density at radius 2 is 2.00 bits per heavy atom. The van der Waals surface area contributed by atoms with Gasteiger partial charge in [-0.15, -0.1) is 0 Å². The first-order chi connectivity index (χ1) is 10.7. The van der Waals surface area contributed by atoms with Crippen molar-refractivity contribution in [2.45, 2.75) is 45.6 Å². The Hall–Kier alpha value is -1.81. The van der Waals surface area contributed by atoms with Crippen LogP contribution in [0.25, 0.3) is 10.9 Å². The van der Waals surface area contributed by atoms with Crippen molar-refractivity contribution >= 4 is 16.8 Å². The first-order valence-corrected chi connectivity index (χ1v) is 8.31. The molecule has 0 saturated carbocycles. The molecule has 1 aliphatic rings.